The van der Waals surface area contributed by atoms with Gasteiger partial charge in [0, 0.05) is 18.7 Å². The van der Waals surface area contributed by atoms with E-state index in [4.69, 9.17) is 18.6 Å². The summed E-state index contributed by atoms with van der Waals surface area (Å²) in [5, 5.41) is 8.34. The minimum Gasteiger partial charge on any atom is -0.477 e. The molecule has 7 nitrogen and oxygen atoms in total. The number of pyridine rings is 1. The molecule has 1 unspecified atom stereocenters. The average Bonchev–Trinajstić information content (AvgIpc) is 3.18. The number of nitrogens with zero attached hydrogens (tertiary/aromatic N) is 3. The van der Waals surface area contributed by atoms with Gasteiger partial charge in [-0.2, -0.15) is 0 Å². The molecule has 1 atom stereocenters. The highest BCUT2D eigenvalue weighted by atomic mass is 16.6. The first kappa shape index (κ1) is 15.9. The second-order valence-corrected chi connectivity index (χ2v) is 5.38. The molecule has 1 fully saturated rings. The Kier molecular flexibility index (Phi) is 4.58. The number of hydrogen-bond acceptors (Lipinski definition) is 7. The molecule has 0 bridgehead atoms. The summed E-state index contributed by atoms with van der Waals surface area (Å²) in [6.07, 6.45) is 0.701. The normalized spacial score (nSPS) is 20.8. The molecule has 1 aliphatic rings. The standard InChI is InChI=1S/C16H21N3O4/c1-4-21-13-12(7-6-11(3)17-13)14-18-19-15(23-14)16(22-5-2)8-9-20-10-16/h6-7H,4-5,8-10H2,1-3H3. The minimum absolute atomic E-state index is 0.377. The molecule has 0 amide bonds. The van der Waals surface area contributed by atoms with Crippen LogP contribution in [0.15, 0.2) is 16.5 Å². The van der Waals surface area contributed by atoms with E-state index in [-0.39, 0.29) is 0 Å². The lowest BCUT2D eigenvalue weighted by molar-refractivity contribution is -0.0657. The molecular weight excluding hydrogens is 298 g/mol. The van der Waals surface area contributed by atoms with Gasteiger partial charge in [-0.15, -0.1) is 10.2 Å². The van der Waals surface area contributed by atoms with Crippen LogP contribution in [-0.4, -0.2) is 41.6 Å². The van der Waals surface area contributed by atoms with Crippen molar-refractivity contribution in [1.82, 2.24) is 15.2 Å². The molecule has 1 aliphatic heterocycles. The van der Waals surface area contributed by atoms with Gasteiger partial charge in [-0.3, -0.25) is 0 Å². The first-order chi connectivity index (χ1) is 11.2. The number of aryl methyl sites for hydroxylation is 1. The van der Waals surface area contributed by atoms with Crippen LogP contribution in [0.4, 0.5) is 0 Å². The highest BCUT2D eigenvalue weighted by Gasteiger charge is 2.43. The molecule has 23 heavy (non-hydrogen) atoms. The van der Waals surface area contributed by atoms with Crippen LogP contribution in [0.1, 0.15) is 31.9 Å². The Morgan fingerprint density at radius 3 is 2.78 bits per heavy atom. The van der Waals surface area contributed by atoms with Crippen LogP contribution in [0.3, 0.4) is 0 Å². The van der Waals surface area contributed by atoms with Crippen LogP contribution >= 0.6 is 0 Å². The zero-order chi connectivity index (χ0) is 16.3. The van der Waals surface area contributed by atoms with Crippen molar-refractivity contribution in [3.05, 3.63) is 23.7 Å². The van der Waals surface area contributed by atoms with Gasteiger partial charge in [0.15, 0.2) is 5.60 Å². The maximum atomic E-state index is 5.89. The largest absolute Gasteiger partial charge is 0.477 e. The van der Waals surface area contributed by atoms with Crippen LogP contribution in [0, 0.1) is 6.92 Å². The van der Waals surface area contributed by atoms with Crippen LogP contribution in [-0.2, 0) is 15.1 Å². The fourth-order valence-electron chi connectivity index (χ4n) is 2.63. The Morgan fingerprint density at radius 1 is 1.22 bits per heavy atom. The molecule has 7 heteroatoms. The molecule has 0 spiro atoms. The number of hydrogen-bond donors (Lipinski definition) is 0. The molecular formula is C16H21N3O4. The topological polar surface area (TPSA) is 79.5 Å². The van der Waals surface area contributed by atoms with E-state index in [9.17, 15) is 0 Å². The molecule has 0 radical (unpaired) electrons. The fourth-order valence-corrected chi connectivity index (χ4v) is 2.63. The quantitative estimate of drug-likeness (QED) is 0.809. The van der Waals surface area contributed by atoms with Gasteiger partial charge in [-0.1, -0.05) is 0 Å². The van der Waals surface area contributed by atoms with E-state index in [2.05, 4.69) is 15.2 Å². The lowest BCUT2D eigenvalue weighted by Crippen LogP contribution is -2.30. The summed E-state index contributed by atoms with van der Waals surface area (Å²) >= 11 is 0. The van der Waals surface area contributed by atoms with Crippen LogP contribution < -0.4 is 4.74 Å². The second kappa shape index (κ2) is 6.64. The molecule has 1 saturated heterocycles. The third-order valence-corrected chi connectivity index (χ3v) is 3.73. The van der Waals surface area contributed by atoms with E-state index in [1.54, 1.807) is 0 Å². The van der Waals surface area contributed by atoms with Gasteiger partial charge in [-0.25, -0.2) is 4.98 Å². The summed E-state index contributed by atoms with van der Waals surface area (Å²) in [6.45, 7) is 7.87. The highest BCUT2D eigenvalue weighted by Crippen LogP contribution is 2.36. The van der Waals surface area contributed by atoms with Crippen LogP contribution in [0.5, 0.6) is 5.88 Å². The molecule has 0 saturated carbocycles. The molecule has 0 N–H and O–H groups in total. The number of ether oxygens (including phenoxy) is 3. The predicted molar refractivity (Wildman–Crippen MR) is 82.2 cm³/mol. The Hall–Kier alpha value is -1.99. The average molecular weight is 319 g/mol. The zero-order valence-corrected chi connectivity index (χ0v) is 13.7. The molecule has 3 heterocycles. The SMILES string of the molecule is CCOc1nc(C)ccc1-c1nnc(C2(OCC)CCOC2)o1. The Bertz CT molecular complexity index is 665. The summed E-state index contributed by atoms with van der Waals surface area (Å²) in [7, 11) is 0. The van der Waals surface area contributed by atoms with Gasteiger partial charge in [0.1, 0.15) is 5.56 Å². The van der Waals surface area contributed by atoms with Gasteiger partial charge in [0.05, 0.1) is 19.8 Å². The Labute approximate surface area is 135 Å². The van der Waals surface area contributed by atoms with Crippen LogP contribution in [0.2, 0.25) is 0 Å². The molecule has 0 aliphatic carbocycles. The van der Waals surface area contributed by atoms with Gasteiger partial charge in [0.2, 0.25) is 5.88 Å². The number of rotatable bonds is 6. The first-order valence-electron chi connectivity index (χ1n) is 7.85. The molecule has 2 aromatic heterocycles. The fraction of sp³-hybridized carbons (Fsp3) is 0.562. The van der Waals surface area contributed by atoms with E-state index < -0.39 is 5.60 Å². The lowest BCUT2D eigenvalue weighted by atomic mass is 10.0. The van der Waals surface area contributed by atoms with E-state index in [0.29, 0.717) is 56.1 Å². The highest BCUT2D eigenvalue weighted by molar-refractivity contribution is 5.59. The van der Waals surface area contributed by atoms with Crippen LogP contribution in [0.25, 0.3) is 11.5 Å². The maximum Gasteiger partial charge on any atom is 0.253 e. The zero-order valence-electron chi connectivity index (χ0n) is 13.7. The van der Waals surface area contributed by atoms with Crippen molar-refractivity contribution in [1.29, 1.82) is 0 Å². The van der Waals surface area contributed by atoms with Crippen molar-refractivity contribution in [2.75, 3.05) is 26.4 Å². The van der Waals surface area contributed by atoms with Crippen molar-refractivity contribution >= 4 is 0 Å². The Balaban J connectivity index is 1.96. The summed E-state index contributed by atoms with van der Waals surface area (Å²) < 4.78 is 22.8. The van der Waals surface area contributed by atoms with E-state index in [1.807, 2.05) is 32.9 Å². The third kappa shape index (κ3) is 3.07. The van der Waals surface area contributed by atoms with E-state index in [0.717, 1.165) is 5.69 Å². The second-order valence-electron chi connectivity index (χ2n) is 5.38. The van der Waals surface area contributed by atoms with Gasteiger partial charge >= 0.3 is 0 Å². The summed E-state index contributed by atoms with van der Waals surface area (Å²) in [5.74, 6) is 1.31. The summed E-state index contributed by atoms with van der Waals surface area (Å²) in [6, 6.07) is 3.77. The molecule has 3 rings (SSSR count). The van der Waals surface area contributed by atoms with Gasteiger partial charge in [-0.05, 0) is 32.9 Å². The third-order valence-electron chi connectivity index (χ3n) is 3.73. The van der Waals surface area contributed by atoms with Crippen molar-refractivity contribution in [2.24, 2.45) is 0 Å². The molecule has 0 aromatic carbocycles. The maximum absolute atomic E-state index is 5.89. The lowest BCUT2D eigenvalue weighted by Gasteiger charge is -2.22. The van der Waals surface area contributed by atoms with E-state index >= 15 is 0 Å². The smallest absolute Gasteiger partial charge is 0.253 e. The summed E-state index contributed by atoms with van der Waals surface area (Å²) in [4.78, 5) is 4.39. The Morgan fingerprint density at radius 2 is 2.09 bits per heavy atom. The van der Waals surface area contributed by atoms with E-state index in [1.165, 1.54) is 0 Å². The van der Waals surface area contributed by atoms with Crippen molar-refractivity contribution in [3.63, 3.8) is 0 Å². The van der Waals surface area contributed by atoms with Crippen molar-refractivity contribution in [2.45, 2.75) is 32.8 Å². The first-order valence-corrected chi connectivity index (χ1v) is 7.85. The molecule has 124 valence electrons. The van der Waals surface area contributed by atoms with Gasteiger partial charge in [0.25, 0.3) is 11.8 Å². The van der Waals surface area contributed by atoms with Crippen molar-refractivity contribution < 1.29 is 18.6 Å². The molecule has 2 aromatic rings. The number of aromatic nitrogens is 3. The predicted octanol–water partition coefficient (Wildman–Crippen LogP) is 2.49. The monoisotopic (exact) mass is 319 g/mol. The minimum atomic E-state index is -0.649. The van der Waals surface area contributed by atoms with Gasteiger partial charge < -0.3 is 18.6 Å². The summed E-state index contributed by atoms with van der Waals surface area (Å²) in [5.41, 5.74) is 0.901. The van der Waals surface area contributed by atoms with Crippen molar-refractivity contribution in [3.8, 4) is 17.3 Å².